The van der Waals surface area contributed by atoms with Gasteiger partial charge in [-0.1, -0.05) is 0 Å². The number of anilines is 1. The van der Waals surface area contributed by atoms with Gasteiger partial charge in [0.25, 0.3) is 5.91 Å². The maximum absolute atomic E-state index is 13.1. The summed E-state index contributed by atoms with van der Waals surface area (Å²) in [6.45, 7) is 0.388. The van der Waals surface area contributed by atoms with E-state index in [1.165, 1.54) is 12.1 Å². The molecule has 0 aromatic heterocycles. The number of carbonyl (C=O) groups excluding carboxylic acids is 1. The summed E-state index contributed by atoms with van der Waals surface area (Å²) in [4.78, 5) is 11.9. The Hall–Kier alpha value is -1.97. The van der Waals surface area contributed by atoms with Crippen LogP contribution in [0.15, 0.2) is 18.2 Å². The maximum atomic E-state index is 13.1. The van der Waals surface area contributed by atoms with Gasteiger partial charge in [-0.15, -0.1) is 0 Å². The Kier molecular flexibility index (Phi) is 4.10. The van der Waals surface area contributed by atoms with Crippen molar-refractivity contribution in [3.05, 3.63) is 29.6 Å². The summed E-state index contributed by atoms with van der Waals surface area (Å²) in [5, 5.41) is 11.3. The first-order chi connectivity index (χ1) is 9.13. The third-order valence-corrected chi connectivity index (χ3v) is 3.02. The molecule has 1 heterocycles. The average Bonchev–Trinajstić information content (AvgIpc) is 2.90. The minimum absolute atomic E-state index is 0.0846. The molecule has 3 N–H and O–H groups in total. The van der Waals surface area contributed by atoms with Gasteiger partial charge < -0.3 is 15.8 Å². The number of hydrogen-bond donors (Lipinski definition) is 2. The van der Waals surface area contributed by atoms with Gasteiger partial charge in [-0.05, 0) is 31.0 Å². The molecule has 1 aliphatic rings. The van der Waals surface area contributed by atoms with Gasteiger partial charge >= 0.3 is 0 Å². The molecule has 6 heteroatoms. The third-order valence-electron chi connectivity index (χ3n) is 3.02. The first kappa shape index (κ1) is 13.5. The van der Waals surface area contributed by atoms with Crippen molar-refractivity contribution in [2.45, 2.75) is 25.0 Å². The van der Waals surface area contributed by atoms with Gasteiger partial charge in [-0.25, -0.2) is 4.39 Å². The Balaban J connectivity index is 2.02. The molecule has 0 saturated carbocycles. The quantitative estimate of drug-likeness (QED) is 0.856. The van der Waals surface area contributed by atoms with Crippen LogP contribution in [-0.2, 0) is 9.53 Å². The van der Waals surface area contributed by atoms with Crippen LogP contribution in [0.25, 0.3) is 0 Å². The molecule has 100 valence electrons. The van der Waals surface area contributed by atoms with E-state index < -0.39 is 11.9 Å². The zero-order valence-corrected chi connectivity index (χ0v) is 10.2. The first-order valence-corrected chi connectivity index (χ1v) is 6.00. The second-order valence-corrected chi connectivity index (χ2v) is 4.36. The van der Waals surface area contributed by atoms with E-state index in [0.717, 1.165) is 12.5 Å². The lowest BCUT2D eigenvalue weighted by molar-refractivity contribution is -0.126. The highest BCUT2D eigenvalue weighted by molar-refractivity contribution is 5.94. The molecule has 1 amide bonds. The number of ether oxygens (including phenoxy) is 1. The van der Waals surface area contributed by atoms with E-state index in [-0.39, 0.29) is 17.6 Å². The monoisotopic (exact) mass is 263 g/mol. The van der Waals surface area contributed by atoms with E-state index in [1.807, 2.05) is 0 Å². The van der Waals surface area contributed by atoms with Crippen molar-refractivity contribution >= 4 is 11.6 Å². The molecule has 5 nitrogen and oxygen atoms in total. The molecule has 19 heavy (non-hydrogen) atoms. The number of nitriles is 1. The fraction of sp³-hybridized carbons (Fsp3) is 0.385. The second kappa shape index (κ2) is 5.78. The lowest BCUT2D eigenvalue weighted by atomic mass is 10.1. The number of nitrogens with one attached hydrogen (secondary N) is 1. The number of hydrogen-bond acceptors (Lipinski definition) is 4. The molecule has 0 spiro atoms. The van der Waals surface area contributed by atoms with Crippen LogP contribution in [0.4, 0.5) is 10.1 Å². The Labute approximate surface area is 110 Å². The Morgan fingerprint density at radius 3 is 3.00 bits per heavy atom. The highest BCUT2D eigenvalue weighted by Gasteiger charge is 2.29. The Morgan fingerprint density at radius 1 is 1.58 bits per heavy atom. The van der Waals surface area contributed by atoms with Crippen LogP contribution in [0.5, 0.6) is 0 Å². The lowest BCUT2D eigenvalue weighted by Gasteiger charge is -2.12. The summed E-state index contributed by atoms with van der Waals surface area (Å²) in [5.74, 6) is -0.910. The fourth-order valence-corrected chi connectivity index (χ4v) is 1.98. The molecule has 1 aromatic carbocycles. The van der Waals surface area contributed by atoms with Gasteiger partial charge in [0.05, 0.1) is 11.7 Å². The van der Waals surface area contributed by atoms with E-state index in [2.05, 4.69) is 5.32 Å². The van der Waals surface area contributed by atoms with Crippen LogP contribution >= 0.6 is 0 Å². The molecule has 1 saturated heterocycles. The maximum Gasteiger partial charge on any atom is 0.253 e. The van der Waals surface area contributed by atoms with Crippen LogP contribution in [0, 0.1) is 17.1 Å². The van der Waals surface area contributed by atoms with Crippen LogP contribution in [0.3, 0.4) is 0 Å². The smallest absolute Gasteiger partial charge is 0.253 e. The fourth-order valence-electron chi connectivity index (χ4n) is 1.98. The SMILES string of the molecule is N#Cc1cc(NC(=O)C2CCC(CN)O2)ccc1F. The van der Waals surface area contributed by atoms with Crippen molar-refractivity contribution < 1.29 is 13.9 Å². The summed E-state index contributed by atoms with van der Waals surface area (Å²) in [7, 11) is 0. The van der Waals surface area contributed by atoms with E-state index in [1.54, 1.807) is 6.07 Å². The van der Waals surface area contributed by atoms with Crippen LogP contribution < -0.4 is 11.1 Å². The van der Waals surface area contributed by atoms with Crippen LogP contribution in [0.2, 0.25) is 0 Å². The van der Waals surface area contributed by atoms with Gasteiger partial charge in [-0.3, -0.25) is 4.79 Å². The summed E-state index contributed by atoms with van der Waals surface area (Å²) < 4.78 is 18.6. The zero-order chi connectivity index (χ0) is 13.8. The minimum Gasteiger partial charge on any atom is -0.364 e. The average molecular weight is 263 g/mol. The largest absolute Gasteiger partial charge is 0.364 e. The van der Waals surface area contributed by atoms with Gasteiger partial charge in [-0.2, -0.15) is 5.26 Å². The normalized spacial score (nSPS) is 21.9. The molecule has 1 fully saturated rings. The molecule has 0 bridgehead atoms. The molecular formula is C13H14FN3O2. The van der Waals surface area contributed by atoms with Crippen molar-refractivity contribution in [3.8, 4) is 6.07 Å². The number of nitrogens with zero attached hydrogens (tertiary/aromatic N) is 1. The number of halogens is 1. The van der Waals surface area contributed by atoms with E-state index in [4.69, 9.17) is 15.7 Å². The van der Waals surface area contributed by atoms with Crippen molar-refractivity contribution in [1.82, 2.24) is 0 Å². The summed E-state index contributed by atoms with van der Waals surface area (Å²) in [6.07, 6.45) is 0.740. The Bertz CT molecular complexity index is 527. The first-order valence-electron chi connectivity index (χ1n) is 6.00. The van der Waals surface area contributed by atoms with Crippen molar-refractivity contribution in [3.63, 3.8) is 0 Å². The number of rotatable bonds is 3. The number of amides is 1. The summed E-state index contributed by atoms with van der Waals surface area (Å²) in [5.41, 5.74) is 5.74. The number of benzene rings is 1. The van der Waals surface area contributed by atoms with Gasteiger partial charge in [0.15, 0.2) is 0 Å². The number of nitrogens with two attached hydrogens (primary N) is 1. The van der Waals surface area contributed by atoms with Crippen molar-refractivity contribution in [1.29, 1.82) is 5.26 Å². The molecule has 0 radical (unpaired) electrons. The molecule has 2 atom stereocenters. The van der Waals surface area contributed by atoms with Crippen LogP contribution in [0.1, 0.15) is 18.4 Å². The van der Waals surface area contributed by atoms with Gasteiger partial charge in [0, 0.05) is 12.2 Å². The molecule has 0 aliphatic carbocycles. The van der Waals surface area contributed by atoms with Crippen molar-refractivity contribution in [2.75, 3.05) is 11.9 Å². The Morgan fingerprint density at radius 2 is 2.37 bits per heavy atom. The van der Waals surface area contributed by atoms with Crippen molar-refractivity contribution in [2.24, 2.45) is 5.73 Å². The van der Waals surface area contributed by atoms with Gasteiger partial charge in [0.2, 0.25) is 0 Å². The molecule has 2 unspecified atom stereocenters. The predicted molar refractivity (Wildman–Crippen MR) is 66.7 cm³/mol. The predicted octanol–water partition coefficient (Wildman–Crippen LogP) is 1.14. The summed E-state index contributed by atoms with van der Waals surface area (Å²) >= 11 is 0. The number of carbonyl (C=O) groups is 1. The highest BCUT2D eigenvalue weighted by Crippen LogP contribution is 2.21. The minimum atomic E-state index is -0.610. The third kappa shape index (κ3) is 3.08. The van der Waals surface area contributed by atoms with E-state index in [9.17, 15) is 9.18 Å². The molecule has 1 aromatic rings. The van der Waals surface area contributed by atoms with E-state index in [0.29, 0.717) is 18.7 Å². The topological polar surface area (TPSA) is 88.1 Å². The molecule has 2 rings (SSSR count). The zero-order valence-electron chi connectivity index (χ0n) is 10.2. The van der Waals surface area contributed by atoms with Crippen LogP contribution in [-0.4, -0.2) is 24.7 Å². The highest BCUT2D eigenvalue weighted by atomic mass is 19.1. The molecule has 1 aliphatic heterocycles. The van der Waals surface area contributed by atoms with Gasteiger partial charge in [0.1, 0.15) is 18.0 Å². The van der Waals surface area contributed by atoms with E-state index >= 15 is 0 Å². The lowest BCUT2D eigenvalue weighted by Crippen LogP contribution is -2.29. The summed E-state index contributed by atoms with van der Waals surface area (Å²) in [6, 6.07) is 5.57. The molecular weight excluding hydrogens is 249 g/mol. The second-order valence-electron chi connectivity index (χ2n) is 4.36. The standard InChI is InChI=1S/C13H14FN3O2/c14-11-3-1-9(5-8(11)6-15)17-13(18)12-4-2-10(7-16)19-12/h1,3,5,10,12H,2,4,7,16H2,(H,17,18).